The summed E-state index contributed by atoms with van der Waals surface area (Å²) in [5.74, 6) is -1.75. The van der Waals surface area contributed by atoms with Crippen molar-refractivity contribution in [2.75, 3.05) is 11.9 Å². The fraction of sp³-hybridized carbons (Fsp3) is 0.450. The molecular formula is C20H22BrN3O3. The highest BCUT2D eigenvalue weighted by atomic mass is 79.9. The van der Waals surface area contributed by atoms with Crippen LogP contribution >= 0.6 is 15.9 Å². The van der Waals surface area contributed by atoms with Crippen molar-refractivity contribution in [3.63, 3.8) is 0 Å². The Morgan fingerprint density at radius 3 is 2.70 bits per heavy atom. The van der Waals surface area contributed by atoms with E-state index in [4.69, 9.17) is 0 Å². The zero-order chi connectivity index (χ0) is 19.5. The molecule has 0 saturated carbocycles. The maximum atomic E-state index is 13.2. The first-order valence-electron chi connectivity index (χ1n) is 9.16. The van der Waals surface area contributed by atoms with E-state index in [1.807, 2.05) is 18.2 Å². The Balaban J connectivity index is 1.89. The number of imide groups is 1. The molecule has 0 unspecified atom stereocenters. The average Bonchev–Trinajstić information content (AvgIpc) is 3.16. The second-order valence-corrected chi connectivity index (χ2v) is 8.83. The van der Waals surface area contributed by atoms with E-state index in [0.717, 1.165) is 10.0 Å². The molecule has 1 aromatic rings. The van der Waals surface area contributed by atoms with Crippen molar-refractivity contribution in [3.8, 4) is 0 Å². The SMILES string of the molecule is C=CCN1C(=O)[C@@H]2[C@H](CC(C)C)N[C@]3(C(=O)Nc4ccc(Br)cc43)[C@H]2C1=O. The van der Waals surface area contributed by atoms with Gasteiger partial charge in [0.05, 0.1) is 11.8 Å². The molecule has 0 aliphatic carbocycles. The molecular weight excluding hydrogens is 410 g/mol. The maximum Gasteiger partial charge on any atom is 0.250 e. The van der Waals surface area contributed by atoms with E-state index in [2.05, 4.69) is 47.0 Å². The van der Waals surface area contributed by atoms with Crippen molar-refractivity contribution < 1.29 is 14.4 Å². The number of rotatable bonds is 4. The number of hydrogen-bond acceptors (Lipinski definition) is 4. The van der Waals surface area contributed by atoms with Crippen molar-refractivity contribution in [1.82, 2.24) is 10.2 Å². The molecule has 3 heterocycles. The van der Waals surface area contributed by atoms with Gasteiger partial charge in [0.15, 0.2) is 0 Å². The normalized spacial score (nSPS) is 31.6. The topological polar surface area (TPSA) is 78.5 Å². The lowest BCUT2D eigenvalue weighted by Gasteiger charge is -2.29. The fourth-order valence-corrected chi connectivity index (χ4v) is 5.21. The van der Waals surface area contributed by atoms with Crippen LogP contribution in [0.3, 0.4) is 0 Å². The molecule has 2 fully saturated rings. The standard InChI is InChI=1S/C20H22BrN3O3/c1-4-7-24-17(25)15-14(8-10(2)3)23-20(16(15)18(24)26)12-9-11(21)5-6-13(12)22-19(20)27/h4-6,9-10,14-16,23H,1,7-8H2,2-3H3,(H,22,27)/t14-,15+,16+,20-/m0/s1. The number of likely N-dealkylation sites (tertiary alicyclic amines) is 1. The summed E-state index contributed by atoms with van der Waals surface area (Å²) in [4.78, 5) is 40.7. The van der Waals surface area contributed by atoms with Crippen LogP contribution in [0.1, 0.15) is 25.8 Å². The van der Waals surface area contributed by atoms with E-state index in [1.165, 1.54) is 4.90 Å². The molecule has 3 aliphatic heterocycles. The van der Waals surface area contributed by atoms with E-state index in [-0.39, 0.29) is 30.3 Å². The molecule has 1 aromatic carbocycles. The van der Waals surface area contributed by atoms with E-state index in [9.17, 15) is 14.4 Å². The summed E-state index contributed by atoms with van der Waals surface area (Å²) in [5, 5.41) is 6.33. The number of benzene rings is 1. The summed E-state index contributed by atoms with van der Waals surface area (Å²) >= 11 is 3.46. The summed E-state index contributed by atoms with van der Waals surface area (Å²) in [5.41, 5.74) is 0.193. The molecule has 3 aliphatic rings. The van der Waals surface area contributed by atoms with Gasteiger partial charge in [0.1, 0.15) is 5.54 Å². The summed E-state index contributed by atoms with van der Waals surface area (Å²) in [7, 11) is 0. The first kappa shape index (κ1) is 18.4. The molecule has 0 aromatic heterocycles. The molecule has 4 rings (SSSR count). The number of nitrogens with zero attached hydrogens (tertiary/aromatic N) is 1. The maximum absolute atomic E-state index is 13.2. The number of amides is 3. The van der Waals surface area contributed by atoms with Gasteiger partial charge in [-0.3, -0.25) is 24.6 Å². The van der Waals surface area contributed by atoms with Crippen LogP contribution < -0.4 is 10.6 Å². The van der Waals surface area contributed by atoms with Gasteiger partial charge in [-0.1, -0.05) is 35.9 Å². The van der Waals surface area contributed by atoms with Gasteiger partial charge >= 0.3 is 0 Å². The summed E-state index contributed by atoms with van der Waals surface area (Å²) in [6.07, 6.45) is 2.26. The predicted molar refractivity (Wildman–Crippen MR) is 105 cm³/mol. The third-order valence-corrected chi connectivity index (χ3v) is 6.30. The van der Waals surface area contributed by atoms with Crippen LogP contribution in [0, 0.1) is 17.8 Å². The van der Waals surface area contributed by atoms with Gasteiger partial charge in [-0.25, -0.2) is 0 Å². The number of hydrogen-bond donors (Lipinski definition) is 2. The fourth-order valence-electron chi connectivity index (χ4n) is 4.85. The number of halogens is 1. The molecule has 27 heavy (non-hydrogen) atoms. The Labute approximate surface area is 166 Å². The molecule has 142 valence electrons. The van der Waals surface area contributed by atoms with E-state index in [0.29, 0.717) is 18.0 Å². The van der Waals surface area contributed by atoms with Crippen molar-refractivity contribution in [3.05, 3.63) is 40.9 Å². The second-order valence-electron chi connectivity index (χ2n) is 7.91. The highest BCUT2D eigenvalue weighted by molar-refractivity contribution is 9.10. The molecule has 3 amide bonds. The van der Waals surface area contributed by atoms with Gasteiger partial charge in [0.2, 0.25) is 17.7 Å². The van der Waals surface area contributed by atoms with Crippen molar-refractivity contribution in [2.45, 2.75) is 31.8 Å². The van der Waals surface area contributed by atoms with Gasteiger partial charge < -0.3 is 5.32 Å². The summed E-state index contributed by atoms with van der Waals surface area (Å²) in [6, 6.07) is 5.29. The van der Waals surface area contributed by atoms with Gasteiger partial charge in [-0.2, -0.15) is 0 Å². The van der Waals surface area contributed by atoms with E-state index < -0.39 is 17.4 Å². The third kappa shape index (κ3) is 2.44. The average molecular weight is 432 g/mol. The molecule has 0 radical (unpaired) electrons. The van der Waals surface area contributed by atoms with Crippen LogP contribution in [0.5, 0.6) is 0 Å². The molecule has 6 nitrogen and oxygen atoms in total. The molecule has 4 atom stereocenters. The monoisotopic (exact) mass is 431 g/mol. The van der Waals surface area contributed by atoms with E-state index >= 15 is 0 Å². The van der Waals surface area contributed by atoms with Gasteiger partial charge in [-0.05, 0) is 30.5 Å². The number of nitrogens with one attached hydrogen (secondary N) is 2. The number of carbonyl (C=O) groups is 3. The first-order valence-corrected chi connectivity index (χ1v) is 9.95. The van der Waals surface area contributed by atoms with Crippen LogP contribution in [0.4, 0.5) is 5.69 Å². The molecule has 1 spiro atoms. The Kier molecular flexibility index (Phi) is 4.27. The van der Waals surface area contributed by atoms with Crippen LogP contribution in [0.15, 0.2) is 35.3 Å². The quantitative estimate of drug-likeness (QED) is 0.566. The first-order chi connectivity index (χ1) is 12.8. The number of carbonyl (C=O) groups excluding carboxylic acids is 3. The third-order valence-electron chi connectivity index (χ3n) is 5.81. The number of anilines is 1. The summed E-state index contributed by atoms with van der Waals surface area (Å²) < 4.78 is 0.822. The van der Waals surface area contributed by atoms with Crippen molar-refractivity contribution in [1.29, 1.82) is 0 Å². The van der Waals surface area contributed by atoms with Crippen LogP contribution in [-0.2, 0) is 19.9 Å². The minimum Gasteiger partial charge on any atom is -0.324 e. The number of fused-ring (bicyclic) bond motifs is 4. The van der Waals surface area contributed by atoms with Gasteiger partial charge in [0, 0.05) is 28.3 Å². The zero-order valence-electron chi connectivity index (χ0n) is 15.3. The second kappa shape index (κ2) is 6.27. The van der Waals surface area contributed by atoms with Crippen LogP contribution in [0.2, 0.25) is 0 Å². The van der Waals surface area contributed by atoms with Gasteiger partial charge in [0.25, 0.3) is 0 Å². The lowest BCUT2D eigenvalue weighted by atomic mass is 9.76. The minimum absolute atomic E-state index is 0.169. The van der Waals surface area contributed by atoms with Crippen LogP contribution in [0.25, 0.3) is 0 Å². The Hall–Kier alpha value is -1.99. The van der Waals surface area contributed by atoms with Gasteiger partial charge in [-0.15, -0.1) is 6.58 Å². The Bertz CT molecular complexity index is 868. The predicted octanol–water partition coefficient (Wildman–Crippen LogP) is 2.40. The van der Waals surface area contributed by atoms with Crippen molar-refractivity contribution in [2.24, 2.45) is 17.8 Å². The molecule has 2 saturated heterocycles. The zero-order valence-corrected chi connectivity index (χ0v) is 16.9. The largest absolute Gasteiger partial charge is 0.324 e. The van der Waals surface area contributed by atoms with Crippen LogP contribution in [-0.4, -0.2) is 35.2 Å². The lowest BCUT2D eigenvalue weighted by Crippen LogP contribution is -2.53. The molecule has 7 heteroatoms. The highest BCUT2D eigenvalue weighted by Crippen LogP contribution is 2.54. The summed E-state index contributed by atoms with van der Waals surface area (Å²) in [6.45, 7) is 7.97. The molecule has 2 N–H and O–H groups in total. The van der Waals surface area contributed by atoms with E-state index in [1.54, 1.807) is 6.08 Å². The minimum atomic E-state index is -1.22. The Morgan fingerprint density at radius 1 is 1.30 bits per heavy atom. The highest BCUT2D eigenvalue weighted by Gasteiger charge is 2.70. The molecule has 0 bridgehead atoms. The lowest BCUT2D eigenvalue weighted by molar-refractivity contribution is -0.142. The smallest absolute Gasteiger partial charge is 0.250 e. The van der Waals surface area contributed by atoms with Crippen molar-refractivity contribution >= 4 is 39.3 Å². The Morgan fingerprint density at radius 2 is 2.04 bits per heavy atom.